The molecule has 0 unspecified atom stereocenters. The van der Waals surface area contributed by atoms with Crippen molar-refractivity contribution in [2.24, 2.45) is 5.92 Å². The van der Waals surface area contributed by atoms with Gasteiger partial charge in [0.25, 0.3) is 6.01 Å². The minimum Gasteiger partial charge on any atom is -0.420 e. The SMILES string of the molecule is O[C@H]1C[C@H](c2ncn[nH]2)C[C@H]1CNc1nc2cccc(F)c2o1. The molecule has 0 bridgehead atoms. The van der Waals surface area contributed by atoms with Crippen LogP contribution < -0.4 is 5.32 Å². The zero-order valence-electron chi connectivity index (χ0n) is 12.2. The molecular formula is C15H16FN5O2. The Labute approximate surface area is 130 Å². The van der Waals surface area contributed by atoms with Gasteiger partial charge < -0.3 is 14.8 Å². The summed E-state index contributed by atoms with van der Waals surface area (Å²) in [6, 6.07) is 4.88. The maximum absolute atomic E-state index is 13.6. The van der Waals surface area contributed by atoms with Gasteiger partial charge in [0.1, 0.15) is 17.7 Å². The van der Waals surface area contributed by atoms with Gasteiger partial charge in [-0.2, -0.15) is 10.1 Å². The molecule has 3 atom stereocenters. The maximum atomic E-state index is 13.6. The molecule has 2 heterocycles. The number of aliphatic hydroxyl groups excluding tert-OH is 1. The zero-order valence-corrected chi connectivity index (χ0v) is 12.2. The summed E-state index contributed by atoms with van der Waals surface area (Å²) < 4.78 is 19.0. The standard InChI is InChI=1S/C15H16FN5O2/c16-10-2-1-3-11-13(10)23-15(20-11)17-6-9-4-8(5-12(9)22)14-18-7-19-21-14/h1-3,7-9,12,22H,4-6H2,(H,17,20)(H,18,19,21)/t8-,9+,12+/m1/s1. The average Bonchev–Trinajstić information content (AvgIpc) is 3.24. The number of aliphatic hydroxyl groups is 1. The Morgan fingerprint density at radius 3 is 3.09 bits per heavy atom. The van der Waals surface area contributed by atoms with Crippen LogP contribution >= 0.6 is 0 Å². The second-order valence-corrected chi connectivity index (χ2v) is 5.85. The highest BCUT2D eigenvalue weighted by Crippen LogP contribution is 2.37. The number of anilines is 1. The van der Waals surface area contributed by atoms with Crippen molar-refractivity contribution in [2.75, 3.05) is 11.9 Å². The van der Waals surface area contributed by atoms with Crippen LogP contribution in [-0.4, -0.2) is 37.9 Å². The number of nitrogens with one attached hydrogen (secondary N) is 2. The van der Waals surface area contributed by atoms with E-state index in [1.165, 1.54) is 12.4 Å². The summed E-state index contributed by atoms with van der Waals surface area (Å²) in [6.07, 6.45) is 2.47. The molecule has 1 aromatic carbocycles. The molecule has 120 valence electrons. The van der Waals surface area contributed by atoms with E-state index in [1.807, 2.05) is 0 Å². The number of aromatic nitrogens is 4. The van der Waals surface area contributed by atoms with Gasteiger partial charge in [-0.25, -0.2) is 9.37 Å². The van der Waals surface area contributed by atoms with Crippen LogP contribution in [0.2, 0.25) is 0 Å². The van der Waals surface area contributed by atoms with Crippen LogP contribution in [0.4, 0.5) is 10.4 Å². The molecule has 7 nitrogen and oxygen atoms in total. The molecule has 0 radical (unpaired) electrons. The van der Waals surface area contributed by atoms with Gasteiger partial charge in [0.15, 0.2) is 11.4 Å². The Hall–Kier alpha value is -2.48. The highest BCUT2D eigenvalue weighted by molar-refractivity contribution is 5.74. The van der Waals surface area contributed by atoms with E-state index in [1.54, 1.807) is 12.1 Å². The van der Waals surface area contributed by atoms with Crippen molar-refractivity contribution in [3.05, 3.63) is 36.2 Å². The van der Waals surface area contributed by atoms with E-state index in [4.69, 9.17) is 4.42 Å². The quantitative estimate of drug-likeness (QED) is 0.681. The third-order valence-electron chi connectivity index (χ3n) is 4.36. The van der Waals surface area contributed by atoms with E-state index in [2.05, 4.69) is 25.5 Å². The predicted octanol–water partition coefficient (Wildman–Crippen LogP) is 2.05. The second-order valence-electron chi connectivity index (χ2n) is 5.85. The third-order valence-corrected chi connectivity index (χ3v) is 4.36. The first-order valence-corrected chi connectivity index (χ1v) is 7.53. The summed E-state index contributed by atoms with van der Waals surface area (Å²) in [6.45, 7) is 0.500. The molecule has 0 saturated heterocycles. The van der Waals surface area contributed by atoms with E-state index in [0.717, 1.165) is 12.2 Å². The molecule has 2 aromatic heterocycles. The molecule has 1 fully saturated rings. The molecular weight excluding hydrogens is 301 g/mol. The van der Waals surface area contributed by atoms with Gasteiger partial charge >= 0.3 is 0 Å². The molecule has 1 saturated carbocycles. The first kappa shape index (κ1) is 14.1. The average molecular weight is 317 g/mol. The molecule has 23 heavy (non-hydrogen) atoms. The van der Waals surface area contributed by atoms with Gasteiger partial charge in [-0.1, -0.05) is 6.07 Å². The molecule has 0 amide bonds. The topological polar surface area (TPSA) is 99.9 Å². The number of para-hydroxylation sites is 1. The fraction of sp³-hybridized carbons (Fsp3) is 0.400. The van der Waals surface area contributed by atoms with Crippen LogP contribution in [0.15, 0.2) is 28.9 Å². The third kappa shape index (κ3) is 2.65. The number of oxazole rings is 1. The number of hydrogen-bond donors (Lipinski definition) is 3. The summed E-state index contributed by atoms with van der Waals surface area (Å²) in [7, 11) is 0. The van der Waals surface area contributed by atoms with E-state index >= 15 is 0 Å². The normalized spacial score (nSPS) is 24.3. The molecule has 3 N–H and O–H groups in total. The summed E-state index contributed by atoms with van der Waals surface area (Å²) in [5.41, 5.74) is 0.612. The fourth-order valence-electron chi connectivity index (χ4n) is 3.17. The minimum absolute atomic E-state index is 0.0463. The van der Waals surface area contributed by atoms with Crippen LogP contribution in [-0.2, 0) is 0 Å². The predicted molar refractivity (Wildman–Crippen MR) is 80.3 cm³/mol. The van der Waals surface area contributed by atoms with Crippen LogP contribution in [0.25, 0.3) is 11.1 Å². The summed E-state index contributed by atoms with van der Waals surface area (Å²) >= 11 is 0. The van der Waals surface area contributed by atoms with Crippen molar-refractivity contribution in [3.63, 3.8) is 0 Å². The van der Waals surface area contributed by atoms with Gasteiger partial charge in [0.05, 0.1) is 6.10 Å². The molecule has 8 heteroatoms. The lowest BCUT2D eigenvalue weighted by Gasteiger charge is -2.13. The highest BCUT2D eigenvalue weighted by atomic mass is 19.1. The summed E-state index contributed by atoms with van der Waals surface area (Å²) in [5.74, 6) is 0.579. The highest BCUT2D eigenvalue weighted by Gasteiger charge is 2.35. The fourth-order valence-corrected chi connectivity index (χ4v) is 3.17. The molecule has 4 rings (SSSR count). The number of H-pyrrole nitrogens is 1. The lowest BCUT2D eigenvalue weighted by molar-refractivity contribution is 0.137. The number of benzene rings is 1. The van der Waals surface area contributed by atoms with Gasteiger partial charge in [-0.15, -0.1) is 0 Å². The molecule has 1 aliphatic carbocycles. The Balaban J connectivity index is 1.43. The van der Waals surface area contributed by atoms with Crippen molar-refractivity contribution in [3.8, 4) is 0 Å². The smallest absolute Gasteiger partial charge is 0.295 e. The zero-order chi connectivity index (χ0) is 15.8. The van der Waals surface area contributed by atoms with E-state index in [0.29, 0.717) is 18.5 Å². The number of fused-ring (bicyclic) bond motifs is 1. The van der Waals surface area contributed by atoms with Gasteiger partial charge in [-0.05, 0) is 25.0 Å². The van der Waals surface area contributed by atoms with Crippen LogP contribution in [0.5, 0.6) is 0 Å². The van der Waals surface area contributed by atoms with Crippen LogP contribution in [0.3, 0.4) is 0 Å². The van der Waals surface area contributed by atoms with Crippen LogP contribution in [0.1, 0.15) is 24.6 Å². The van der Waals surface area contributed by atoms with Gasteiger partial charge in [0, 0.05) is 18.4 Å². The number of hydrogen-bond acceptors (Lipinski definition) is 6. The Morgan fingerprint density at radius 2 is 2.30 bits per heavy atom. The van der Waals surface area contributed by atoms with Crippen molar-refractivity contribution in [1.82, 2.24) is 20.2 Å². The maximum Gasteiger partial charge on any atom is 0.295 e. The molecule has 0 spiro atoms. The van der Waals surface area contributed by atoms with Crippen molar-refractivity contribution >= 4 is 17.1 Å². The number of rotatable bonds is 4. The van der Waals surface area contributed by atoms with Crippen molar-refractivity contribution < 1.29 is 13.9 Å². The molecule has 0 aliphatic heterocycles. The summed E-state index contributed by atoms with van der Waals surface area (Å²) in [4.78, 5) is 8.35. The number of halogens is 1. The van der Waals surface area contributed by atoms with E-state index in [9.17, 15) is 9.50 Å². The number of aromatic amines is 1. The Morgan fingerprint density at radius 1 is 1.39 bits per heavy atom. The first-order chi connectivity index (χ1) is 11.2. The van der Waals surface area contributed by atoms with Crippen molar-refractivity contribution in [2.45, 2.75) is 24.9 Å². The monoisotopic (exact) mass is 317 g/mol. The van der Waals surface area contributed by atoms with Crippen molar-refractivity contribution in [1.29, 1.82) is 0 Å². The van der Waals surface area contributed by atoms with Gasteiger partial charge in [0.2, 0.25) is 0 Å². The molecule has 3 aromatic rings. The lowest BCUT2D eigenvalue weighted by atomic mass is 10.0. The van der Waals surface area contributed by atoms with E-state index in [-0.39, 0.29) is 23.4 Å². The van der Waals surface area contributed by atoms with Crippen LogP contribution in [0, 0.1) is 11.7 Å². The largest absolute Gasteiger partial charge is 0.420 e. The second kappa shape index (κ2) is 5.62. The number of nitrogens with zero attached hydrogens (tertiary/aromatic N) is 3. The van der Waals surface area contributed by atoms with E-state index < -0.39 is 11.9 Å². The Kier molecular flexibility index (Phi) is 3.45. The lowest BCUT2D eigenvalue weighted by Crippen LogP contribution is -2.21. The minimum atomic E-state index is -0.436. The Bertz CT molecular complexity index is 803. The summed E-state index contributed by atoms with van der Waals surface area (Å²) in [5, 5.41) is 20.0. The first-order valence-electron chi connectivity index (χ1n) is 7.53. The van der Waals surface area contributed by atoms with Gasteiger partial charge in [-0.3, -0.25) is 5.10 Å². The molecule has 1 aliphatic rings.